The van der Waals surface area contributed by atoms with E-state index < -0.39 is 24.6 Å². The highest BCUT2D eigenvalue weighted by Crippen LogP contribution is 2.22. The van der Waals surface area contributed by atoms with E-state index in [4.69, 9.17) is 5.11 Å². The van der Waals surface area contributed by atoms with Gasteiger partial charge >= 0.3 is 6.18 Å². The fourth-order valence-corrected chi connectivity index (χ4v) is 1.88. The van der Waals surface area contributed by atoms with Gasteiger partial charge in [-0.3, -0.25) is 9.78 Å². The van der Waals surface area contributed by atoms with E-state index in [1.807, 2.05) is 0 Å². The maximum atomic E-state index is 12.1. The number of aliphatic hydroxyl groups is 1. The number of carbonyl (C=O) groups excluding carboxylic acids is 1. The molecule has 0 bridgehead atoms. The third-order valence-corrected chi connectivity index (χ3v) is 2.97. The summed E-state index contributed by atoms with van der Waals surface area (Å²) < 4.78 is 36.4. The molecule has 0 saturated heterocycles. The Hall–Kier alpha value is -2.15. The normalized spacial score (nSPS) is 13.1. The highest BCUT2D eigenvalue weighted by Gasteiger charge is 2.37. The number of hydrogen-bond acceptors (Lipinski definition) is 3. The van der Waals surface area contributed by atoms with E-state index in [9.17, 15) is 18.0 Å². The number of nitrogens with one attached hydrogen (secondary N) is 1. The minimum absolute atomic E-state index is 0.268. The lowest BCUT2D eigenvalue weighted by Crippen LogP contribution is -2.34. The number of aromatic nitrogens is 1. The molecule has 2 rings (SSSR count). The molecule has 4 nitrogen and oxygen atoms in total. The Morgan fingerprint density at radius 1 is 1.29 bits per heavy atom. The summed E-state index contributed by atoms with van der Waals surface area (Å²) in [4.78, 5) is 16.1. The van der Waals surface area contributed by atoms with E-state index >= 15 is 0 Å². The zero-order chi connectivity index (χ0) is 15.5. The van der Waals surface area contributed by atoms with Crippen molar-refractivity contribution in [2.45, 2.75) is 18.7 Å². The lowest BCUT2D eigenvalue weighted by molar-refractivity contribution is -0.204. The van der Waals surface area contributed by atoms with Gasteiger partial charge in [0.25, 0.3) is 5.91 Å². The molecular formula is C14H13F3N2O2. The van der Waals surface area contributed by atoms with E-state index in [-0.39, 0.29) is 6.54 Å². The summed E-state index contributed by atoms with van der Waals surface area (Å²) in [6, 6.07) is 8.46. The zero-order valence-electron chi connectivity index (χ0n) is 10.9. The lowest BCUT2D eigenvalue weighted by Gasteiger charge is -2.14. The molecule has 0 spiro atoms. The van der Waals surface area contributed by atoms with E-state index in [1.54, 1.807) is 24.3 Å². The first-order valence-electron chi connectivity index (χ1n) is 6.26. The van der Waals surface area contributed by atoms with Gasteiger partial charge in [0.05, 0.1) is 11.1 Å². The second-order valence-corrected chi connectivity index (χ2v) is 4.48. The first kappa shape index (κ1) is 15.2. The third kappa shape index (κ3) is 3.69. The van der Waals surface area contributed by atoms with Crippen molar-refractivity contribution < 1.29 is 23.1 Å². The molecule has 7 heteroatoms. The quantitative estimate of drug-likeness (QED) is 0.910. The van der Waals surface area contributed by atoms with Gasteiger partial charge < -0.3 is 10.4 Å². The molecule has 0 fully saturated rings. The number of para-hydroxylation sites is 1. The van der Waals surface area contributed by atoms with Crippen LogP contribution in [-0.2, 0) is 0 Å². The largest absolute Gasteiger partial charge is 0.414 e. The molecule has 112 valence electrons. The van der Waals surface area contributed by atoms with Crippen LogP contribution in [0.2, 0.25) is 0 Å². The van der Waals surface area contributed by atoms with Crippen LogP contribution >= 0.6 is 0 Å². The molecule has 1 heterocycles. The summed E-state index contributed by atoms with van der Waals surface area (Å²) in [5.41, 5.74) is 0.961. The van der Waals surface area contributed by atoms with Crippen molar-refractivity contribution in [2.24, 2.45) is 0 Å². The highest BCUT2D eigenvalue weighted by atomic mass is 19.4. The molecule has 1 aromatic heterocycles. The molecule has 0 aliphatic rings. The Kier molecular flexibility index (Phi) is 4.42. The van der Waals surface area contributed by atoms with Gasteiger partial charge in [-0.1, -0.05) is 18.2 Å². The maximum Gasteiger partial charge on any atom is 0.414 e. The van der Waals surface area contributed by atoms with Gasteiger partial charge in [0.1, 0.15) is 0 Å². The molecule has 1 unspecified atom stereocenters. The van der Waals surface area contributed by atoms with Crippen LogP contribution in [0, 0.1) is 0 Å². The fourth-order valence-electron chi connectivity index (χ4n) is 1.88. The van der Waals surface area contributed by atoms with Gasteiger partial charge in [-0.25, -0.2) is 0 Å². The van der Waals surface area contributed by atoms with Crippen molar-refractivity contribution in [2.75, 3.05) is 6.54 Å². The van der Waals surface area contributed by atoms with Crippen LogP contribution in [0.15, 0.2) is 36.5 Å². The minimum atomic E-state index is -4.67. The van der Waals surface area contributed by atoms with Crippen molar-refractivity contribution in [3.05, 3.63) is 42.1 Å². The Morgan fingerprint density at radius 3 is 2.71 bits per heavy atom. The first-order chi connectivity index (χ1) is 9.89. The van der Waals surface area contributed by atoms with Crippen molar-refractivity contribution in [3.8, 4) is 0 Å². The summed E-state index contributed by atoms with van der Waals surface area (Å²) in [5, 5.41) is 11.8. The first-order valence-corrected chi connectivity index (χ1v) is 6.26. The molecule has 1 aromatic carbocycles. The average molecular weight is 298 g/mol. The number of rotatable bonds is 4. The maximum absolute atomic E-state index is 12.1. The predicted octanol–water partition coefficient (Wildman–Crippen LogP) is 2.28. The Bertz CT molecular complexity index is 638. The number of benzene rings is 1. The van der Waals surface area contributed by atoms with Gasteiger partial charge in [0.15, 0.2) is 6.10 Å². The van der Waals surface area contributed by atoms with Crippen LogP contribution in [0.25, 0.3) is 10.9 Å². The summed E-state index contributed by atoms with van der Waals surface area (Å²) in [5.74, 6) is -0.497. The summed E-state index contributed by atoms with van der Waals surface area (Å²) in [6.07, 6.45) is -6.24. The third-order valence-electron chi connectivity index (χ3n) is 2.97. The van der Waals surface area contributed by atoms with Gasteiger partial charge in [0, 0.05) is 18.1 Å². The predicted molar refractivity (Wildman–Crippen MR) is 70.8 cm³/mol. The second kappa shape index (κ2) is 6.09. The Balaban J connectivity index is 2.03. The second-order valence-electron chi connectivity index (χ2n) is 4.48. The number of aliphatic hydroxyl groups excluding tert-OH is 1. The van der Waals surface area contributed by atoms with Crippen molar-refractivity contribution in [1.82, 2.24) is 10.3 Å². The van der Waals surface area contributed by atoms with Crippen LogP contribution < -0.4 is 5.32 Å². The van der Waals surface area contributed by atoms with E-state index in [2.05, 4.69) is 10.3 Å². The highest BCUT2D eigenvalue weighted by molar-refractivity contribution is 6.05. The molecule has 0 saturated carbocycles. The van der Waals surface area contributed by atoms with Gasteiger partial charge in [0.2, 0.25) is 0 Å². The monoisotopic (exact) mass is 298 g/mol. The SMILES string of the molecule is O=C(NCCC(O)C(F)(F)F)c1ccnc2ccccc12. The molecular weight excluding hydrogens is 285 g/mol. The number of amides is 1. The molecule has 2 N–H and O–H groups in total. The van der Waals surface area contributed by atoms with Crippen LogP contribution in [0.5, 0.6) is 0 Å². The van der Waals surface area contributed by atoms with Crippen LogP contribution in [0.3, 0.4) is 0 Å². The molecule has 1 atom stereocenters. The smallest absolute Gasteiger partial charge is 0.384 e. The van der Waals surface area contributed by atoms with Gasteiger partial charge in [-0.05, 0) is 18.6 Å². The number of halogens is 3. The number of alkyl halides is 3. The van der Waals surface area contributed by atoms with Crippen molar-refractivity contribution >= 4 is 16.8 Å². The van der Waals surface area contributed by atoms with Crippen molar-refractivity contribution in [3.63, 3.8) is 0 Å². The van der Waals surface area contributed by atoms with Crippen molar-refractivity contribution in [1.29, 1.82) is 0 Å². The number of hydrogen-bond donors (Lipinski definition) is 2. The number of nitrogens with zero attached hydrogens (tertiary/aromatic N) is 1. The fraction of sp³-hybridized carbons (Fsp3) is 0.286. The van der Waals surface area contributed by atoms with E-state index in [1.165, 1.54) is 12.3 Å². The van der Waals surface area contributed by atoms with Crippen LogP contribution in [0.4, 0.5) is 13.2 Å². The van der Waals surface area contributed by atoms with Gasteiger partial charge in [-0.2, -0.15) is 13.2 Å². The summed E-state index contributed by atoms with van der Waals surface area (Å²) in [7, 11) is 0. The molecule has 0 aliphatic carbocycles. The molecule has 2 aromatic rings. The van der Waals surface area contributed by atoms with E-state index in [0.29, 0.717) is 16.5 Å². The Labute approximate surface area is 118 Å². The molecule has 21 heavy (non-hydrogen) atoms. The standard InChI is InChI=1S/C14H13F3N2O2/c15-14(16,17)12(20)6-8-19-13(21)10-5-7-18-11-4-2-1-3-9(10)11/h1-5,7,12,20H,6,8H2,(H,19,21). The van der Waals surface area contributed by atoms with Gasteiger partial charge in [-0.15, -0.1) is 0 Å². The molecule has 1 amide bonds. The number of pyridine rings is 1. The number of carbonyl (C=O) groups is 1. The van der Waals surface area contributed by atoms with Crippen LogP contribution in [-0.4, -0.2) is 34.8 Å². The minimum Gasteiger partial charge on any atom is -0.384 e. The van der Waals surface area contributed by atoms with E-state index in [0.717, 1.165) is 0 Å². The lowest BCUT2D eigenvalue weighted by atomic mass is 10.1. The van der Waals surface area contributed by atoms with Crippen LogP contribution in [0.1, 0.15) is 16.8 Å². The average Bonchev–Trinajstić information content (AvgIpc) is 2.45. The zero-order valence-corrected chi connectivity index (χ0v) is 10.9. The number of fused-ring (bicyclic) bond motifs is 1. The topological polar surface area (TPSA) is 62.2 Å². The Morgan fingerprint density at radius 2 is 2.00 bits per heavy atom. The molecule has 0 aliphatic heterocycles. The summed E-state index contributed by atoms with van der Waals surface area (Å²) >= 11 is 0. The molecule has 0 radical (unpaired) electrons. The summed E-state index contributed by atoms with van der Waals surface area (Å²) in [6.45, 7) is -0.268.